The second-order valence-electron chi connectivity index (χ2n) is 12.6. The third-order valence-electron chi connectivity index (χ3n) is 8.36. The first-order chi connectivity index (χ1) is 19.2. The maximum atomic E-state index is 13.8. The van der Waals surface area contributed by atoms with Crippen LogP contribution in [0.25, 0.3) is 16.8 Å². The molecule has 0 saturated carbocycles. The summed E-state index contributed by atoms with van der Waals surface area (Å²) in [5.74, 6) is 2.93. The summed E-state index contributed by atoms with van der Waals surface area (Å²) in [6, 6.07) is 12.2. The SMILES string of the molecule is COc1ccc(-c2nn3ccc(C(=O)N(CCC(C)C)CCC(C)C)cc3c2CCCN2CCC(C)CC2)cc1. The summed E-state index contributed by atoms with van der Waals surface area (Å²) >= 11 is 0. The van der Waals surface area contributed by atoms with Gasteiger partial charge < -0.3 is 14.5 Å². The molecule has 6 heteroatoms. The van der Waals surface area contributed by atoms with Gasteiger partial charge in [-0.25, -0.2) is 4.52 Å². The molecular formula is C34H50N4O2. The molecule has 1 aliphatic rings. The Labute approximate surface area is 241 Å². The number of rotatable bonds is 13. The van der Waals surface area contributed by atoms with Crippen molar-refractivity contribution in [1.29, 1.82) is 0 Å². The molecule has 218 valence electrons. The number of nitrogens with zero attached hydrogens (tertiary/aromatic N) is 4. The lowest BCUT2D eigenvalue weighted by molar-refractivity contribution is 0.0741. The number of benzene rings is 1. The zero-order valence-electron chi connectivity index (χ0n) is 25.7. The van der Waals surface area contributed by atoms with Gasteiger partial charge in [0.2, 0.25) is 0 Å². The van der Waals surface area contributed by atoms with E-state index in [1.54, 1.807) is 7.11 Å². The van der Waals surface area contributed by atoms with Gasteiger partial charge in [-0.05, 0) is 112 Å². The average Bonchev–Trinajstić information content (AvgIpc) is 3.31. The molecule has 0 radical (unpaired) electrons. The second kappa shape index (κ2) is 14.2. The molecule has 2 aromatic heterocycles. The van der Waals surface area contributed by atoms with Crippen LogP contribution < -0.4 is 4.74 Å². The van der Waals surface area contributed by atoms with E-state index in [1.165, 1.54) is 31.5 Å². The van der Waals surface area contributed by atoms with Gasteiger partial charge in [0.15, 0.2) is 0 Å². The van der Waals surface area contributed by atoms with Crippen molar-refractivity contribution >= 4 is 11.4 Å². The molecule has 1 saturated heterocycles. The molecule has 1 aromatic carbocycles. The third kappa shape index (κ3) is 7.87. The van der Waals surface area contributed by atoms with Gasteiger partial charge in [-0.1, -0.05) is 34.6 Å². The highest BCUT2D eigenvalue weighted by atomic mass is 16.5. The van der Waals surface area contributed by atoms with E-state index >= 15 is 0 Å². The number of fused-ring (bicyclic) bond motifs is 1. The molecule has 1 amide bonds. The van der Waals surface area contributed by atoms with E-state index in [0.29, 0.717) is 11.8 Å². The van der Waals surface area contributed by atoms with E-state index in [4.69, 9.17) is 9.84 Å². The molecule has 0 N–H and O–H groups in total. The van der Waals surface area contributed by atoms with Crippen molar-refractivity contribution < 1.29 is 9.53 Å². The molecule has 1 fully saturated rings. The monoisotopic (exact) mass is 546 g/mol. The molecule has 6 nitrogen and oxygen atoms in total. The fourth-order valence-electron chi connectivity index (χ4n) is 5.55. The van der Waals surface area contributed by atoms with Crippen molar-refractivity contribution in [2.45, 2.75) is 73.1 Å². The second-order valence-corrected chi connectivity index (χ2v) is 12.6. The number of hydrogen-bond acceptors (Lipinski definition) is 4. The van der Waals surface area contributed by atoms with Crippen molar-refractivity contribution in [2.75, 3.05) is 39.8 Å². The van der Waals surface area contributed by atoms with Gasteiger partial charge in [-0.3, -0.25) is 4.79 Å². The number of aromatic nitrogens is 2. The highest BCUT2D eigenvalue weighted by Gasteiger charge is 2.21. The van der Waals surface area contributed by atoms with Crippen molar-refractivity contribution in [3.8, 4) is 17.0 Å². The minimum atomic E-state index is 0.129. The van der Waals surface area contributed by atoms with E-state index in [9.17, 15) is 4.79 Å². The molecule has 3 aromatic rings. The first kappa shape index (κ1) is 30.1. The van der Waals surface area contributed by atoms with Gasteiger partial charge in [0, 0.05) is 36.0 Å². The Morgan fingerprint density at radius 1 is 1.02 bits per heavy atom. The number of carbonyl (C=O) groups excluding carboxylic acids is 1. The lowest BCUT2D eigenvalue weighted by atomic mass is 9.98. The third-order valence-corrected chi connectivity index (χ3v) is 8.36. The fourth-order valence-corrected chi connectivity index (χ4v) is 5.55. The van der Waals surface area contributed by atoms with E-state index in [-0.39, 0.29) is 5.91 Å². The molecule has 1 aliphatic heterocycles. The van der Waals surface area contributed by atoms with Crippen LogP contribution in [-0.4, -0.2) is 65.2 Å². The summed E-state index contributed by atoms with van der Waals surface area (Å²) in [7, 11) is 1.69. The quantitative estimate of drug-likeness (QED) is 0.227. The fraction of sp³-hybridized carbons (Fsp3) is 0.588. The van der Waals surface area contributed by atoms with E-state index in [2.05, 4.69) is 62.6 Å². The van der Waals surface area contributed by atoms with Crippen LogP contribution in [0.3, 0.4) is 0 Å². The Kier molecular flexibility index (Phi) is 10.7. The highest BCUT2D eigenvalue weighted by molar-refractivity contribution is 5.95. The standard InChI is InChI=1S/C34H50N4O2/c1-25(2)13-21-37(22-14-26(3)4)34(39)29-17-23-38-32(24-29)31(8-7-18-36-19-15-27(5)16-20-36)33(35-38)28-9-11-30(40-6)12-10-28/h9-12,17,23-27H,7-8,13-16,18-22H2,1-6H3. The number of hydrogen-bond donors (Lipinski definition) is 0. The number of pyridine rings is 1. The van der Waals surface area contributed by atoms with E-state index < -0.39 is 0 Å². The minimum absolute atomic E-state index is 0.129. The smallest absolute Gasteiger partial charge is 0.253 e. The molecule has 0 unspecified atom stereocenters. The predicted molar refractivity (Wildman–Crippen MR) is 165 cm³/mol. The Morgan fingerprint density at radius 3 is 2.27 bits per heavy atom. The van der Waals surface area contributed by atoms with Crippen molar-refractivity contribution in [2.24, 2.45) is 17.8 Å². The Hall–Kier alpha value is -2.86. The van der Waals surface area contributed by atoms with Crippen molar-refractivity contribution in [1.82, 2.24) is 19.4 Å². The molecule has 4 rings (SSSR count). The molecule has 40 heavy (non-hydrogen) atoms. The van der Waals surface area contributed by atoms with Gasteiger partial charge >= 0.3 is 0 Å². The number of aryl methyl sites for hydroxylation is 1. The summed E-state index contributed by atoms with van der Waals surface area (Å²) in [6.07, 6.45) is 8.59. The van der Waals surface area contributed by atoms with Crippen LogP contribution in [0.5, 0.6) is 5.75 Å². The molecule has 0 atom stereocenters. The van der Waals surface area contributed by atoms with Crippen molar-refractivity contribution in [3.63, 3.8) is 0 Å². The van der Waals surface area contributed by atoms with Gasteiger partial charge in [0.1, 0.15) is 5.75 Å². The first-order valence-electron chi connectivity index (χ1n) is 15.4. The molecule has 0 aliphatic carbocycles. The summed E-state index contributed by atoms with van der Waals surface area (Å²) in [5, 5.41) is 5.02. The summed E-state index contributed by atoms with van der Waals surface area (Å²) in [5.41, 5.74) is 5.09. The number of methoxy groups -OCH3 is 1. The van der Waals surface area contributed by atoms with Crippen LogP contribution in [0.4, 0.5) is 0 Å². The lowest BCUT2D eigenvalue weighted by Crippen LogP contribution is -2.34. The lowest BCUT2D eigenvalue weighted by Gasteiger charge is -2.30. The topological polar surface area (TPSA) is 50.1 Å². The zero-order valence-corrected chi connectivity index (χ0v) is 25.7. The number of ether oxygens (including phenoxy) is 1. The maximum Gasteiger partial charge on any atom is 0.253 e. The Bertz CT molecular complexity index is 1210. The zero-order chi connectivity index (χ0) is 28.6. The van der Waals surface area contributed by atoms with Crippen molar-refractivity contribution in [3.05, 3.63) is 53.7 Å². The first-order valence-corrected chi connectivity index (χ1v) is 15.4. The number of amides is 1. The maximum absolute atomic E-state index is 13.8. The van der Waals surface area contributed by atoms with Crippen LogP contribution >= 0.6 is 0 Å². The van der Waals surface area contributed by atoms with Gasteiger partial charge in [0.25, 0.3) is 5.91 Å². The highest BCUT2D eigenvalue weighted by Crippen LogP contribution is 2.30. The van der Waals surface area contributed by atoms with Crippen LogP contribution in [-0.2, 0) is 6.42 Å². The van der Waals surface area contributed by atoms with Gasteiger partial charge in [0.05, 0.1) is 18.3 Å². The van der Waals surface area contributed by atoms with Crippen LogP contribution in [0.2, 0.25) is 0 Å². The normalized spacial score (nSPS) is 14.9. The molecule has 0 spiro atoms. The van der Waals surface area contributed by atoms with Gasteiger partial charge in [-0.15, -0.1) is 0 Å². The summed E-state index contributed by atoms with van der Waals surface area (Å²) in [6.45, 7) is 16.3. The summed E-state index contributed by atoms with van der Waals surface area (Å²) < 4.78 is 7.35. The van der Waals surface area contributed by atoms with Crippen LogP contribution in [0.1, 0.15) is 82.6 Å². The van der Waals surface area contributed by atoms with Crippen LogP contribution in [0, 0.1) is 17.8 Å². The Morgan fingerprint density at radius 2 is 1.68 bits per heavy atom. The van der Waals surface area contributed by atoms with E-state index in [1.807, 2.05) is 28.9 Å². The summed E-state index contributed by atoms with van der Waals surface area (Å²) in [4.78, 5) is 18.5. The molecule has 3 heterocycles. The number of likely N-dealkylation sites (tertiary alicyclic amines) is 1. The van der Waals surface area contributed by atoms with E-state index in [0.717, 1.165) is 79.3 Å². The largest absolute Gasteiger partial charge is 0.497 e. The van der Waals surface area contributed by atoms with Gasteiger partial charge in [-0.2, -0.15) is 5.10 Å². The average molecular weight is 547 g/mol. The minimum Gasteiger partial charge on any atom is -0.497 e. The predicted octanol–water partition coefficient (Wildman–Crippen LogP) is 7.21. The molecule has 0 bridgehead atoms. The molecular weight excluding hydrogens is 496 g/mol. The number of carbonyl (C=O) groups is 1. The Balaban J connectivity index is 1.63. The number of piperidine rings is 1. The van der Waals surface area contributed by atoms with Crippen LogP contribution in [0.15, 0.2) is 42.6 Å².